The summed E-state index contributed by atoms with van der Waals surface area (Å²) in [5, 5.41) is 9.89. The second-order valence-corrected chi connectivity index (χ2v) is 20.9. The van der Waals surface area contributed by atoms with Crippen LogP contribution in [-0.2, 0) is 0 Å². The predicted octanol–water partition coefficient (Wildman–Crippen LogP) is 19.2. The quantitative estimate of drug-likeness (QED) is 0.140. The molecule has 0 saturated carbocycles. The van der Waals surface area contributed by atoms with E-state index in [0.29, 0.717) is 0 Å². The molecule has 0 heterocycles. The summed E-state index contributed by atoms with van der Waals surface area (Å²) in [6, 6.07) is 68.0. The molecule has 0 N–H and O–H groups in total. The summed E-state index contributed by atoms with van der Waals surface area (Å²) in [5.41, 5.74) is 15.4. The second kappa shape index (κ2) is 17.3. The monoisotopic (exact) mass is 880 g/mol. The summed E-state index contributed by atoms with van der Waals surface area (Å²) in [4.78, 5) is 5.00. The first-order valence-electron chi connectivity index (χ1n) is 24.5. The largest absolute Gasteiger partial charge is 0.314 e. The standard InChI is InChI=1S/C66H60N2/c1-65(2,3)51-29-33-55(34-30-51)67(53-21-9-7-10-22-53)57-37-39-59-61(43-57)63(49-27-25-45-17-13-15-19-47(45)41-49)60-40-38-58(44-62(60)64(59)50-28-26-46-18-14-16-20-48(46)42-50)68(54-23-11-8-12-24-54)56-35-31-52(32-36-56)66(4,5)6/h7-29,31,33,35,37-44H,30,32,34,36H2,1-6H3. The molecule has 0 aromatic heterocycles. The van der Waals surface area contributed by atoms with Crippen molar-refractivity contribution in [2.24, 2.45) is 10.8 Å². The van der Waals surface area contributed by atoms with Gasteiger partial charge in [-0.15, -0.1) is 0 Å². The zero-order valence-corrected chi connectivity index (χ0v) is 40.4. The summed E-state index contributed by atoms with van der Waals surface area (Å²) in [6.45, 7) is 14.0. The molecule has 11 rings (SSSR count). The zero-order chi connectivity index (χ0) is 46.6. The summed E-state index contributed by atoms with van der Waals surface area (Å²) < 4.78 is 0. The van der Waals surface area contributed by atoms with Gasteiger partial charge in [-0.05, 0) is 175 Å². The van der Waals surface area contributed by atoms with Gasteiger partial charge >= 0.3 is 0 Å². The van der Waals surface area contributed by atoms with Gasteiger partial charge in [-0.25, -0.2) is 0 Å². The highest BCUT2D eigenvalue weighted by Crippen LogP contribution is 2.49. The van der Waals surface area contributed by atoms with Gasteiger partial charge in [0.05, 0.1) is 0 Å². The number of fused-ring (bicyclic) bond motifs is 4. The third-order valence-electron chi connectivity index (χ3n) is 14.5. The molecule has 2 aliphatic carbocycles. The van der Waals surface area contributed by atoms with Crippen molar-refractivity contribution >= 4 is 65.8 Å². The van der Waals surface area contributed by atoms with E-state index < -0.39 is 0 Å². The van der Waals surface area contributed by atoms with E-state index in [1.54, 1.807) is 0 Å². The molecule has 0 fully saturated rings. The lowest BCUT2D eigenvalue weighted by Crippen LogP contribution is -2.20. The van der Waals surface area contributed by atoms with E-state index in [1.807, 2.05) is 0 Å². The lowest BCUT2D eigenvalue weighted by molar-refractivity contribution is 0.478. The maximum atomic E-state index is 2.50. The number of hydrogen-bond acceptors (Lipinski definition) is 2. The van der Waals surface area contributed by atoms with E-state index in [0.717, 1.165) is 37.1 Å². The van der Waals surface area contributed by atoms with E-state index >= 15 is 0 Å². The molecular weight excluding hydrogens is 821 g/mol. The van der Waals surface area contributed by atoms with Crippen molar-refractivity contribution in [2.75, 3.05) is 9.80 Å². The molecule has 9 aromatic carbocycles. The van der Waals surface area contributed by atoms with Gasteiger partial charge in [0.1, 0.15) is 0 Å². The van der Waals surface area contributed by atoms with Crippen LogP contribution >= 0.6 is 0 Å². The number of benzene rings is 9. The Morgan fingerprint density at radius 2 is 0.691 bits per heavy atom. The van der Waals surface area contributed by atoms with Crippen LogP contribution in [0.15, 0.2) is 229 Å². The number of rotatable bonds is 8. The molecule has 2 aliphatic rings. The molecule has 2 heteroatoms. The summed E-state index contributed by atoms with van der Waals surface area (Å²) >= 11 is 0. The molecule has 0 amide bonds. The van der Waals surface area contributed by atoms with Crippen LogP contribution in [0.25, 0.3) is 65.3 Å². The van der Waals surface area contributed by atoms with Gasteiger partial charge < -0.3 is 9.80 Å². The fourth-order valence-electron chi connectivity index (χ4n) is 10.8. The first kappa shape index (κ1) is 43.2. The first-order valence-corrected chi connectivity index (χ1v) is 24.5. The van der Waals surface area contributed by atoms with Crippen LogP contribution in [0.2, 0.25) is 0 Å². The van der Waals surface area contributed by atoms with Crippen molar-refractivity contribution in [1.82, 2.24) is 0 Å². The number of hydrogen-bond donors (Lipinski definition) is 0. The van der Waals surface area contributed by atoms with Crippen molar-refractivity contribution in [3.8, 4) is 22.3 Å². The van der Waals surface area contributed by atoms with Crippen LogP contribution in [0.3, 0.4) is 0 Å². The summed E-state index contributed by atoms with van der Waals surface area (Å²) in [6.07, 6.45) is 13.5. The highest BCUT2D eigenvalue weighted by molar-refractivity contribution is 6.23. The summed E-state index contributed by atoms with van der Waals surface area (Å²) in [7, 11) is 0. The Morgan fingerprint density at radius 3 is 1.06 bits per heavy atom. The van der Waals surface area contributed by atoms with Crippen molar-refractivity contribution in [3.63, 3.8) is 0 Å². The van der Waals surface area contributed by atoms with Gasteiger partial charge in [0.25, 0.3) is 0 Å². The minimum absolute atomic E-state index is 0.135. The molecule has 9 aromatic rings. The molecule has 68 heavy (non-hydrogen) atoms. The van der Waals surface area contributed by atoms with Gasteiger partial charge in [-0.2, -0.15) is 0 Å². The Labute approximate surface area is 402 Å². The molecule has 0 aliphatic heterocycles. The number of para-hydroxylation sites is 2. The van der Waals surface area contributed by atoms with Crippen molar-refractivity contribution in [1.29, 1.82) is 0 Å². The van der Waals surface area contributed by atoms with Gasteiger partial charge in [-0.1, -0.05) is 186 Å². The lowest BCUT2D eigenvalue weighted by Gasteiger charge is -2.33. The number of nitrogens with zero attached hydrogens (tertiary/aromatic N) is 2. The van der Waals surface area contributed by atoms with Gasteiger partial charge in [-0.3, -0.25) is 0 Å². The first-order chi connectivity index (χ1) is 33.0. The average molecular weight is 881 g/mol. The Hall–Kier alpha value is -7.42. The molecule has 0 saturated heterocycles. The Balaban J connectivity index is 1.22. The van der Waals surface area contributed by atoms with E-state index in [4.69, 9.17) is 0 Å². The molecule has 2 nitrogen and oxygen atoms in total. The number of allylic oxidation sites excluding steroid dienone is 8. The zero-order valence-electron chi connectivity index (χ0n) is 40.4. The Kier molecular flexibility index (Phi) is 11.0. The molecular formula is C66H60N2. The SMILES string of the molecule is CC(C)(C)C1=CC=C(N(c2ccccc2)c2ccc3c(-c4ccc5ccccc5c4)c4cc(N(C5=CC=C(C(C)(C)C)CC5)c5ccccc5)ccc4c(-c4ccc5ccccc5c4)c3c2)CC1. The molecule has 0 bridgehead atoms. The van der Waals surface area contributed by atoms with Crippen molar-refractivity contribution in [2.45, 2.75) is 67.2 Å². The van der Waals surface area contributed by atoms with Crippen LogP contribution < -0.4 is 9.80 Å². The third-order valence-corrected chi connectivity index (χ3v) is 14.5. The van der Waals surface area contributed by atoms with Gasteiger partial charge in [0.2, 0.25) is 0 Å². The van der Waals surface area contributed by atoms with E-state index in [2.05, 4.69) is 258 Å². The maximum absolute atomic E-state index is 2.50. The van der Waals surface area contributed by atoms with E-state index in [1.165, 1.54) is 99.3 Å². The Bertz CT molecular complexity index is 3280. The third kappa shape index (κ3) is 8.13. The van der Waals surface area contributed by atoms with Crippen LogP contribution in [0.5, 0.6) is 0 Å². The number of anilines is 4. The van der Waals surface area contributed by atoms with E-state index in [9.17, 15) is 0 Å². The second-order valence-electron chi connectivity index (χ2n) is 20.9. The molecule has 0 atom stereocenters. The molecule has 0 spiro atoms. The van der Waals surface area contributed by atoms with E-state index in [-0.39, 0.29) is 10.8 Å². The minimum atomic E-state index is 0.135. The average Bonchev–Trinajstić information content (AvgIpc) is 3.36. The minimum Gasteiger partial charge on any atom is -0.314 e. The maximum Gasteiger partial charge on any atom is 0.0465 e. The summed E-state index contributed by atoms with van der Waals surface area (Å²) in [5.74, 6) is 0. The van der Waals surface area contributed by atoms with Crippen molar-refractivity contribution < 1.29 is 0 Å². The topological polar surface area (TPSA) is 6.48 Å². The van der Waals surface area contributed by atoms with Crippen LogP contribution in [0.1, 0.15) is 67.2 Å². The lowest BCUT2D eigenvalue weighted by atomic mass is 9.81. The highest BCUT2D eigenvalue weighted by Gasteiger charge is 2.27. The van der Waals surface area contributed by atoms with Gasteiger partial charge in [0.15, 0.2) is 0 Å². The van der Waals surface area contributed by atoms with Gasteiger partial charge in [0, 0.05) is 34.1 Å². The fourth-order valence-corrected chi connectivity index (χ4v) is 10.8. The molecule has 334 valence electrons. The normalized spacial score (nSPS) is 14.4. The van der Waals surface area contributed by atoms with Crippen LogP contribution in [0, 0.1) is 10.8 Å². The van der Waals surface area contributed by atoms with Crippen LogP contribution in [-0.4, -0.2) is 0 Å². The smallest absolute Gasteiger partial charge is 0.0465 e. The van der Waals surface area contributed by atoms with Crippen LogP contribution in [0.4, 0.5) is 22.7 Å². The molecule has 0 radical (unpaired) electrons. The molecule has 0 unspecified atom stereocenters. The Morgan fingerprint density at radius 1 is 0.309 bits per heavy atom. The predicted molar refractivity (Wildman–Crippen MR) is 294 cm³/mol. The highest BCUT2D eigenvalue weighted by atomic mass is 15.2. The van der Waals surface area contributed by atoms with Crippen molar-refractivity contribution in [3.05, 3.63) is 229 Å². The fraction of sp³-hybridized carbons (Fsp3) is 0.182.